The third-order valence-corrected chi connectivity index (χ3v) is 4.46. The quantitative estimate of drug-likeness (QED) is 0.760. The van der Waals surface area contributed by atoms with Crippen LogP contribution in [-0.2, 0) is 26.6 Å². The lowest BCUT2D eigenvalue weighted by Crippen LogP contribution is -2.57. The van der Waals surface area contributed by atoms with Crippen LogP contribution in [-0.4, -0.2) is 47.8 Å². The standard InChI is InChI=1S/C10H15N3O5S/c1-13-6-8(11-7-13)19(16,17)12-10(9(14)15)2-4-18-5-3-10/h6-7,12H,2-5H2,1H3,(H,14,15). The largest absolute Gasteiger partial charge is 0.480 e. The van der Waals surface area contributed by atoms with Gasteiger partial charge in [-0.2, -0.15) is 4.72 Å². The van der Waals surface area contributed by atoms with Crippen LogP contribution in [0.15, 0.2) is 17.6 Å². The third kappa shape index (κ3) is 2.77. The smallest absolute Gasteiger partial charge is 0.325 e. The van der Waals surface area contributed by atoms with Crippen molar-refractivity contribution in [1.82, 2.24) is 14.3 Å². The Morgan fingerprint density at radius 3 is 2.63 bits per heavy atom. The molecular formula is C10H15N3O5S. The van der Waals surface area contributed by atoms with Gasteiger partial charge >= 0.3 is 5.97 Å². The van der Waals surface area contributed by atoms with E-state index in [1.165, 1.54) is 17.1 Å². The number of nitrogens with one attached hydrogen (secondary N) is 1. The number of aliphatic carboxylic acids is 1. The van der Waals surface area contributed by atoms with Crippen molar-refractivity contribution in [3.8, 4) is 0 Å². The predicted octanol–water partition coefficient (Wildman–Crippen LogP) is -0.668. The maximum atomic E-state index is 12.1. The van der Waals surface area contributed by atoms with Gasteiger partial charge in [0.05, 0.1) is 6.33 Å². The van der Waals surface area contributed by atoms with Gasteiger partial charge < -0.3 is 14.4 Å². The van der Waals surface area contributed by atoms with Gasteiger partial charge in [-0.25, -0.2) is 13.4 Å². The van der Waals surface area contributed by atoms with Crippen LogP contribution in [0.2, 0.25) is 0 Å². The van der Waals surface area contributed by atoms with Crippen molar-refractivity contribution in [1.29, 1.82) is 0 Å². The third-order valence-electron chi connectivity index (χ3n) is 3.04. The molecule has 0 spiro atoms. The Morgan fingerprint density at radius 1 is 1.53 bits per heavy atom. The fourth-order valence-electron chi connectivity index (χ4n) is 1.92. The first kappa shape index (κ1) is 14.0. The van der Waals surface area contributed by atoms with E-state index < -0.39 is 21.5 Å². The van der Waals surface area contributed by atoms with Crippen molar-refractivity contribution in [2.75, 3.05) is 13.2 Å². The van der Waals surface area contributed by atoms with Crippen LogP contribution in [0, 0.1) is 0 Å². The lowest BCUT2D eigenvalue weighted by Gasteiger charge is -2.33. The number of imidazole rings is 1. The number of aryl methyl sites for hydroxylation is 1. The molecule has 0 aromatic carbocycles. The number of hydrogen-bond acceptors (Lipinski definition) is 5. The number of carboxylic acids is 1. The van der Waals surface area contributed by atoms with Gasteiger partial charge in [0.2, 0.25) is 0 Å². The summed E-state index contributed by atoms with van der Waals surface area (Å²) in [6.07, 6.45) is 2.84. The molecule has 0 bridgehead atoms. The minimum atomic E-state index is -3.96. The molecule has 106 valence electrons. The second-order valence-electron chi connectivity index (χ2n) is 4.48. The highest BCUT2D eigenvalue weighted by atomic mass is 32.2. The van der Waals surface area contributed by atoms with Crippen LogP contribution in [0.4, 0.5) is 0 Å². The number of nitrogens with zero attached hydrogens (tertiary/aromatic N) is 2. The molecule has 1 fully saturated rings. The second kappa shape index (κ2) is 4.91. The Bertz CT molecular complexity index is 574. The summed E-state index contributed by atoms with van der Waals surface area (Å²) in [6, 6.07) is 0. The molecule has 0 amide bonds. The number of hydrogen-bond donors (Lipinski definition) is 2. The van der Waals surface area contributed by atoms with Crippen LogP contribution in [0.5, 0.6) is 0 Å². The van der Waals surface area contributed by atoms with Gasteiger partial charge in [-0.05, 0) is 0 Å². The van der Waals surface area contributed by atoms with Crippen LogP contribution < -0.4 is 4.72 Å². The first-order valence-electron chi connectivity index (χ1n) is 5.69. The highest BCUT2D eigenvalue weighted by Gasteiger charge is 2.44. The fraction of sp³-hybridized carbons (Fsp3) is 0.600. The summed E-state index contributed by atoms with van der Waals surface area (Å²) in [7, 11) is -2.33. The van der Waals surface area contributed by atoms with Crippen molar-refractivity contribution < 1.29 is 23.1 Å². The van der Waals surface area contributed by atoms with Crippen LogP contribution in [0.1, 0.15) is 12.8 Å². The summed E-state index contributed by atoms with van der Waals surface area (Å²) < 4.78 is 33.1. The maximum Gasteiger partial charge on any atom is 0.325 e. The molecule has 2 heterocycles. The molecule has 0 radical (unpaired) electrons. The number of ether oxygens (including phenoxy) is 1. The van der Waals surface area contributed by atoms with Gasteiger partial charge in [0.1, 0.15) is 5.54 Å². The zero-order chi connectivity index (χ0) is 14.1. The molecule has 0 atom stereocenters. The summed E-state index contributed by atoms with van der Waals surface area (Å²) in [5.41, 5.74) is -1.52. The average molecular weight is 289 g/mol. The van der Waals surface area contributed by atoms with Crippen molar-refractivity contribution in [3.63, 3.8) is 0 Å². The van der Waals surface area contributed by atoms with Gasteiger partial charge in [0.25, 0.3) is 10.0 Å². The van der Waals surface area contributed by atoms with E-state index in [0.29, 0.717) is 0 Å². The highest BCUT2D eigenvalue weighted by molar-refractivity contribution is 7.89. The molecule has 1 aromatic heterocycles. The minimum absolute atomic E-state index is 0.0917. The van der Waals surface area contributed by atoms with Gasteiger partial charge in [0.15, 0.2) is 5.03 Å². The van der Waals surface area contributed by atoms with Crippen LogP contribution >= 0.6 is 0 Å². The molecule has 1 saturated heterocycles. The molecule has 2 N–H and O–H groups in total. The van der Waals surface area contributed by atoms with E-state index in [0.717, 1.165) is 0 Å². The lowest BCUT2D eigenvalue weighted by atomic mass is 9.92. The van der Waals surface area contributed by atoms with Gasteiger partial charge in [-0.3, -0.25) is 4.79 Å². The van der Waals surface area contributed by atoms with Crippen LogP contribution in [0.3, 0.4) is 0 Å². The van der Waals surface area contributed by atoms with Crippen molar-refractivity contribution in [2.45, 2.75) is 23.4 Å². The van der Waals surface area contributed by atoms with E-state index in [4.69, 9.17) is 4.74 Å². The monoisotopic (exact) mass is 289 g/mol. The fourth-order valence-corrected chi connectivity index (χ4v) is 3.32. The summed E-state index contributed by atoms with van der Waals surface area (Å²) in [6.45, 7) is 0.411. The number of rotatable bonds is 4. The molecule has 9 heteroatoms. The molecular weight excluding hydrogens is 274 g/mol. The average Bonchev–Trinajstić information content (AvgIpc) is 2.77. The van der Waals surface area contributed by atoms with Crippen molar-refractivity contribution in [3.05, 3.63) is 12.5 Å². The van der Waals surface area contributed by atoms with Gasteiger partial charge in [0, 0.05) is 39.3 Å². The Kier molecular flexibility index (Phi) is 3.61. The zero-order valence-electron chi connectivity index (χ0n) is 10.4. The van der Waals surface area contributed by atoms with Crippen molar-refractivity contribution in [2.24, 2.45) is 7.05 Å². The van der Waals surface area contributed by atoms with E-state index in [9.17, 15) is 18.3 Å². The number of carbonyl (C=O) groups is 1. The molecule has 1 aromatic rings. The van der Waals surface area contributed by atoms with Crippen LogP contribution in [0.25, 0.3) is 0 Å². The minimum Gasteiger partial charge on any atom is -0.480 e. The lowest BCUT2D eigenvalue weighted by molar-refractivity contribution is -0.147. The van der Waals surface area contributed by atoms with E-state index in [1.54, 1.807) is 7.05 Å². The van der Waals surface area contributed by atoms with E-state index in [2.05, 4.69) is 9.71 Å². The number of sulfonamides is 1. The molecule has 8 nitrogen and oxygen atoms in total. The predicted molar refractivity (Wildman–Crippen MR) is 63.9 cm³/mol. The molecule has 0 unspecified atom stereocenters. The van der Waals surface area contributed by atoms with E-state index in [1.807, 2.05) is 0 Å². The summed E-state index contributed by atoms with van der Waals surface area (Å²) >= 11 is 0. The Hall–Kier alpha value is -1.45. The molecule has 1 aliphatic rings. The first-order valence-corrected chi connectivity index (χ1v) is 7.17. The number of aromatic nitrogens is 2. The van der Waals surface area contributed by atoms with Gasteiger partial charge in [-0.15, -0.1) is 0 Å². The Labute approximate surface area is 110 Å². The van der Waals surface area contributed by atoms with E-state index in [-0.39, 0.29) is 31.1 Å². The van der Waals surface area contributed by atoms with Gasteiger partial charge in [-0.1, -0.05) is 0 Å². The first-order chi connectivity index (χ1) is 8.86. The Balaban J connectivity index is 2.29. The summed E-state index contributed by atoms with van der Waals surface area (Å²) in [4.78, 5) is 15.1. The van der Waals surface area contributed by atoms with E-state index >= 15 is 0 Å². The molecule has 0 saturated carbocycles. The second-order valence-corrected chi connectivity index (χ2v) is 6.11. The Morgan fingerprint density at radius 2 is 2.16 bits per heavy atom. The summed E-state index contributed by atoms with van der Waals surface area (Å²) in [5, 5.41) is 9.10. The number of carboxylic acid groups (broad SMARTS) is 1. The SMILES string of the molecule is Cn1cnc(S(=O)(=O)NC2(C(=O)O)CCOCC2)c1. The molecule has 1 aliphatic heterocycles. The topological polar surface area (TPSA) is 111 Å². The molecule has 19 heavy (non-hydrogen) atoms. The summed E-state index contributed by atoms with van der Waals surface area (Å²) in [5.74, 6) is -1.20. The molecule has 2 rings (SSSR count). The normalized spacial score (nSPS) is 19.2. The maximum absolute atomic E-state index is 12.1. The van der Waals surface area contributed by atoms with Crippen molar-refractivity contribution >= 4 is 16.0 Å². The molecule has 0 aliphatic carbocycles. The zero-order valence-corrected chi connectivity index (χ0v) is 11.2. The highest BCUT2D eigenvalue weighted by Crippen LogP contribution is 2.23.